The molecular formula is C25H20N2O4S. The molecule has 160 valence electrons. The van der Waals surface area contributed by atoms with Crippen molar-refractivity contribution in [3.63, 3.8) is 0 Å². The van der Waals surface area contributed by atoms with Crippen molar-refractivity contribution in [3.8, 4) is 5.75 Å². The lowest BCUT2D eigenvalue weighted by atomic mass is 9.98. The molecule has 7 heteroatoms. The van der Waals surface area contributed by atoms with Crippen molar-refractivity contribution in [2.24, 2.45) is 0 Å². The lowest BCUT2D eigenvalue weighted by Crippen LogP contribution is -2.29. The number of rotatable bonds is 5. The number of aromatic nitrogens is 1. The summed E-state index contributed by atoms with van der Waals surface area (Å²) in [5, 5.41) is 0.986. The summed E-state index contributed by atoms with van der Waals surface area (Å²) in [5.74, 6) is 0.376. The lowest BCUT2D eigenvalue weighted by Gasteiger charge is -2.22. The van der Waals surface area contributed by atoms with E-state index in [9.17, 15) is 9.59 Å². The van der Waals surface area contributed by atoms with Crippen molar-refractivity contribution in [1.29, 1.82) is 0 Å². The smallest absolute Gasteiger partial charge is 0.297 e. The number of para-hydroxylation sites is 1. The molecule has 4 aromatic rings. The fourth-order valence-electron chi connectivity index (χ4n) is 3.89. The molecule has 0 saturated carbocycles. The molecule has 3 heterocycles. The van der Waals surface area contributed by atoms with Gasteiger partial charge in [0.25, 0.3) is 5.91 Å². The molecule has 0 saturated heterocycles. The van der Waals surface area contributed by atoms with E-state index in [0.717, 1.165) is 16.1 Å². The normalized spacial score (nSPS) is 15.2. The number of benzene rings is 2. The van der Waals surface area contributed by atoms with Gasteiger partial charge >= 0.3 is 0 Å². The summed E-state index contributed by atoms with van der Waals surface area (Å²) in [5.41, 5.74) is 2.14. The molecule has 0 fully saturated rings. The molecule has 1 atom stereocenters. The summed E-state index contributed by atoms with van der Waals surface area (Å²) in [7, 11) is 0. The summed E-state index contributed by atoms with van der Waals surface area (Å²) in [6.45, 7) is 7.91. The van der Waals surface area contributed by atoms with Gasteiger partial charge in [0.05, 0.1) is 22.7 Å². The van der Waals surface area contributed by atoms with Gasteiger partial charge in [-0.15, -0.1) is 11.3 Å². The fourth-order valence-corrected chi connectivity index (χ4v) is 4.83. The Morgan fingerprint density at radius 2 is 1.91 bits per heavy atom. The highest BCUT2D eigenvalue weighted by Gasteiger charge is 2.45. The van der Waals surface area contributed by atoms with Crippen LogP contribution in [0.5, 0.6) is 5.75 Å². The number of carbonyl (C=O) groups excluding carboxylic acids is 1. The van der Waals surface area contributed by atoms with Crippen LogP contribution in [0.3, 0.4) is 0 Å². The molecule has 1 aliphatic heterocycles. The minimum Gasteiger partial charge on any atom is -0.490 e. The Morgan fingerprint density at radius 1 is 1.16 bits per heavy atom. The third-order valence-electron chi connectivity index (χ3n) is 5.56. The second-order valence-electron chi connectivity index (χ2n) is 7.55. The average molecular weight is 445 g/mol. The summed E-state index contributed by atoms with van der Waals surface area (Å²) >= 11 is 1.42. The Balaban J connectivity index is 1.72. The van der Waals surface area contributed by atoms with Crippen LogP contribution in [0.4, 0.5) is 5.13 Å². The van der Waals surface area contributed by atoms with Gasteiger partial charge in [0.2, 0.25) is 5.76 Å². The highest BCUT2D eigenvalue weighted by molar-refractivity contribution is 7.15. The number of carbonyl (C=O) groups is 1. The van der Waals surface area contributed by atoms with Gasteiger partial charge in [-0.2, -0.15) is 0 Å². The zero-order chi connectivity index (χ0) is 22.4. The number of anilines is 1. The SMILES string of the molecule is C=CCOc1ccc(C2c3c(oc4ccccc4c3=O)C(=O)N2c2nc(C)c(C)s2)cc1. The molecule has 0 bridgehead atoms. The first-order valence-corrected chi connectivity index (χ1v) is 11.0. The first-order chi connectivity index (χ1) is 15.5. The zero-order valence-corrected chi connectivity index (χ0v) is 18.4. The van der Waals surface area contributed by atoms with E-state index in [-0.39, 0.29) is 17.1 Å². The number of hydrogen-bond donors (Lipinski definition) is 0. The maximum atomic E-state index is 13.5. The van der Waals surface area contributed by atoms with Gasteiger partial charge in [-0.25, -0.2) is 4.98 Å². The van der Waals surface area contributed by atoms with Crippen LogP contribution in [0, 0.1) is 13.8 Å². The van der Waals surface area contributed by atoms with Crippen LogP contribution in [0.2, 0.25) is 0 Å². The van der Waals surface area contributed by atoms with Gasteiger partial charge in [0.1, 0.15) is 17.9 Å². The van der Waals surface area contributed by atoms with Gasteiger partial charge < -0.3 is 9.15 Å². The van der Waals surface area contributed by atoms with E-state index in [2.05, 4.69) is 11.6 Å². The predicted octanol–water partition coefficient (Wildman–Crippen LogP) is 5.18. The van der Waals surface area contributed by atoms with Gasteiger partial charge in [0, 0.05) is 4.88 Å². The van der Waals surface area contributed by atoms with Gasteiger partial charge in [-0.05, 0) is 43.7 Å². The quantitative estimate of drug-likeness (QED) is 0.397. The largest absolute Gasteiger partial charge is 0.490 e. The number of hydrogen-bond acceptors (Lipinski definition) is 6. The molecule has 6 nitrogen and oxygen atoms in total. The van der Waals surface area contributed by atoms with E-state index in [0.29, 0.717) is 34.0 Å². The summed E-state index contributed by atoms with van der Waals surface area (Å²) in [4.78, 5) is 34.2. The standard InChI is InChI=1S/C25H20N2O4S/c1-4-13-30-17-11-9-16(10-12-17)21-20-22(28)18-7-5-6-8-19(18)31-23(20)24(29)27(21)25-26-14(2)15(3)32-25/h4-12,21H,1,13H2,2-3H3. The number of thiazole rings is 1. The van der Waals surface area contributed by atoms with Crippen LogP contribution in [-0.2, 0) is 0 Å². The van der Waals surface area contributed by atoms with E-state index in [4.69, 9.17) is 9.15 Å². The Labute approximate surface area is 188 Å². The maximum absolute atomic E-state index is 13.5. The highest BCUT2D eigenvalue weighted by atomic mass is 32.1. The van der Waals surface area contributed by atoms with Crippen LogP contribution < -0.4 is 15.1 Å². The minimum absolute atomic E-state index is 0.0659. The number of fused-ring (bicyclic) bond motifs is 2. The first kappa shape index (κ1) is 20.2. The summed E-state index contributed by atoms with van der Waals surface area (Å²) in [6.07, 6.45) is 1.67. The van der Waals surface area contributed by atoms with Crippen molar-refractivity contribution in [3.05, 3.63) is 98.9 Å². The number of ether oxygens (including phenoxy) is 1. The predicted molar refractivity (Wildman–Crippen MR) is 125 cm³/mol. The average Bonchev–Trinajstić information content (AvgIpc) is 3.29. The van der Waals surface area contributed by atoms with Crippen molar-refractivity contribution in [2.75, 3.05) is 11.5 Å². The summed E-state index contributed by atoms with van der Waals surface area (Å²) in [6, 6.07) is 13.7. The van der Waals surface area contributed by atoms with Crippen molar-refractivity contribution in [1.82, 2.24) is 4.98 Å². The van der Waals surface area contributed by atoms with Gasteiger partial charge in [-0.1, -0.05) is 36.9 Å². The zero-order valence-electron chi connectivity index (χ0n) is 17.6. The molecule has 0 aliphatic carbocycles. The van der Waals surface area contributed by atoms with Crippen LogP contribution >= 0.6 is 11.3 Å². The van der Waals surface area contributed by atoms with Gasteiger partial charge in [-0.3, -0.25) is 14.5 Å². The number of nitrogens with zero attached hydrogens (tertiary/aromatic N) is 2. The van der Waals surface area contributed by atoms with E-state index >= 15 is 0 Å². The van der Waals surface area contributed by atoms with Crippen LogP contribution in [0.25, 0.3) is 11.0 Å². The Kier molecular flexibility index (Phi) is 4.90. The second kappa shape index (κ2) is 7.76. The van der Waals surface area contributed by atoms with Crippen molar-refractivity contribution >= 4 is 33.3 Å². The summed E-state index contributed by atoms with van der Waals surface area (Å²) < 4.78 is 11.6. The molecule has 1 amide bonds. The van der Waals surface area contributed by atoms with Crippen LogP contribution in [-0.4, -0.2) is 17.5 Å². The Bertz CT molecular complexity index is 1400. The van der Waals surface area contributed by atoms with E-state index in [1.165, 1.54) is 11.3 Å². The number of amides is 1. The molecular weight excluding hydrogens is 424 g/mol. The van der Waals surface area contributed by atoms with Crippen LogP contribution in [0.1, 0.15) is 38.3 Å². The molecule has 2 aromatic carbocycles. The van der Waals surface area contributed by atoms with E-state index in [1.54, 1.807) is 35.2 Å². The third kappa shape index (κ3) is 3.13. The lowest BCUT2D eigenvalue weighted by molar-refractivity contribution is 0.0971. The molecule has 2 aromatic heterocycles. The highest BCUT2D eigenvalue weighted by Crippen LogP contribution is 2.43. The third-order valence-corrected chi connectivity index (χ3v) is 6.64. The van der Waals surface area contributed by atoms with E-state index in [1.807, 2.05) is 38.1 Å². The molecule has 5 rings (SSSR count). The van der Waals surface area contributed by atoms with Crippen molar-refractivity contribution in [2.45, 2.75) is 19.9 Å². The molecule has 1 unspecified atom stereocenters. The first-order valence-electron chi connectivity index (χ1n) is 10.2. The molecule has 0 N–H and O–H groups in total. The Hall–Kier alpha value is -3.71. The minimum atomic E-state index is -0.642. The monoisotopic (exact) mass is 444 g/mol. The van der Waals surface area contributed by atoms with Gasteiger partial charge in [0.15, 0.2) is 10.6 Å². The molecule has 0 radical (unpaired) electrons. The Morgan fingerprint density at radius 3 is 2.59 bits per heavy atom. The molecule has 0 spiro atoms. The maximum Gasteiger partial charge on any atom is 0.297 e. The fraction of sp³-hybridized carbons (Fsp3) is 0.160. The number of aryl methyl sites for hydroxylation is 2. The molecule has 1 aliphatic rings. The molecule has 32 heavy (non-hydrogen) atoms. The topological polar surface area (TPSA) is 72.6 Å². The van der Waals surface area contributed by atoms with Crippen molar-refractivity contribution < 1.29 is 13.9 Å². The second-order valence-corrected chi connectivity index (χ2v) is 8.74. The van der Waals surface area contributed by atoms with Crippen LogP contribution in [0.15, 0.2) is 70.4 Å². The van der Waals surface area contributed by atoms with E-state index < -0.39 is 6.04 Å².